The number of hydrogen-bond acceptors (Lipinski definition) is 3. The third kappa shape index (κ3) is 2.65. The molecule has 4 nitrogen and oxygen atoms in total. The van der Waals surface area contributed by atoms with Gasteiger partial charge in [-0.15, -0.1) is 0 Å². The van der Waals surface area contributed by atoms with Gasteiger partial charge < -0.3 is 15.3 Å². The van der Waals surface area contributed by atoms with Crippen molar-refractivity contribution in [3.63, 3.8) is 0 Å². The van der Waals surface area contributed by atoms with E-state index in [1.165, 1.54) is 11.1 Å². The Labute approximate surface area is 113 Å². The van der Waals surface area contributed by atoms with Crippen LogP contribution in [-0.2, 0) is 17.8 Å². The molecule has 2 aliphatic rings. The summed E-state index contributed by atoms with van der Waals surface area (Å²) in [6.07, 6.45) is 2.91. The van der Waals surface area contributed by atoms with Crippen molar-refractivity contribution in [3.05, 3.63) is 35.4 Å². The highest BCUT2D eigenvalue weighted by Crippen LogP contribution is 2.28. The van der Waals surface area contributed by atoms with E-state index < -0.39 is 0 Å². The first-order valence-electron chi connectivity index (χ1n) is 7.01. The van der Waals surface area contributed by atoms with Gasteiger partial charge in [-0.25, -0.2) is 0 Å². The quantitative estimate of drug-likeness (QED) is 0.837. The first kappa shape index (κ1) is 12.6. The van der Waals surface area contributed by atoms with Gasteiger partial charge in [-0.05, 0) is 30.4 Å². The fourth-order valence-electron chi connectivity index (χ4n) is 2.80. The first-order valence-corrected chi connectivity index (χ1v) is 7.01. The van der Waals surface area contributed by atoms with E-state index in [2.05, 4.69) is 17.4 Å². The van der Waals surface area contributed by atoms with Crippen molar-refractivity contribution >= 4 is 5.91 Å². The van der Waals surface area contributed by atoms with Gasteiger partial charge in [0.25, 0.3) is 0 Å². The lowest BCUT2D eigenvalue weighted by atomic mass is 9.95. The zero-order valence-corrected chi connectivity index (χ0v) is 11.0. The zero-order valence-electron chi connectivity index (χ0n) is 11.0. The molecule has 1 heterocycles. The number of benzene rings is 1. The maximum Gasteiger partial charge on any atom is 0.240 e. The van der Waals surface area contributed by atoms with E-state index in [0.29, 0.717) is 12.6 Å². The standard InChI is InChI=1S/C15H20N2O2/c18-8-7-17(13-5-6-13)15(19)14-9-11-3-1-2-4-12(11)10-16-14/h1-4,13-14,16,18H,5-10H2/t14-/m1/s1. The van der Waals surface area contributed by atoms with Gasteiger partial charge >= 0.3 is 0 Å². The highest BCUT2D eigenvalue weighted by molar-refractivity contribution is 5.83. The average molecular weight is 260 g/mol. The number of fused-ring (bicyclic) bond motifs is 1. The molecule has 3 rings (SSSR count). The Hall–Kier alpha value is -1.39. The first-order chi connectivity index (χ1) is 9.29. The third-order valence-corrected chi connectivity index (χ3v) is 3.99. The maximum atomic E-state index is 12.5. The summed E-state index contributed by atoms with van der Waals surface area (Å²) in [5, 5.41) is 12.4. The molecule has 1 atom stereocenters. The largest absolute Gasteiger partial charge is 0.395 e. The van der Waals surface area contributed by atoms with Gasteiger partial charge in [0.05, 0.1) is 12.6 Å². The lowest BCUT2D eigenvalue weighted by Crippen LogP contribution is -2.50. The Morgan fingerprint density at radius 3 is 2.74 bits per heavy atom. The van der Waals surface area contributed by atoms with Crippen LogP contribution in [0.1, 0.15) is 24.0 Å². The number of carbonyl (C=O) groups is 1. The SMILES string of the molecule is O=C([C@H]1Cc2ccccc2CN1)N(CCO)C1CC1. The summed E-state index contributed by atoms with van der Waals surface area (Å²) >= 11 is 0. The molecule has 1 aromatic carbocycles. The summed E-state index contributed by atoms with van der Waals surface area (Å²) in [5.41, 5.74) is 2.55. The molecule has 4 heteroatoms. The van der Waals surface area contributed by atoms with Crippen molar-refractivity contribution in [2.45, 2.75) is 37.9 Å². The molecule has 0 saturated heterocycles. The monoisotopic (exact) mass is 260 g/mol. The van der Waals surface area contributed by atoms with Gasteiger partial charge in [-0.3, -0.25) is 4.79 Å². The summed E-state index contributed by atoms with van der Waals surface area (Å²) in [6, 6.07) is 8.49. The van der Waals surface area contributed by atoms with E-state index in [1.807, 2.05) is 17.0 Å². The van der Waals surface area contributed by atoms with E-state index in [-0.39, 0.29) is 18.6 Å². The highest BCUT2D eigenvalue weighted by Gasteiger charge is 2.36. The van der Waals surface area contributed by atoms with Crippen molar-refractivity contribution in [3.8, 4) is 0 Å². The van der Waals surface area contributed by atoms with Crippen molar-refractivity contribution in [2.75, 3.05) is 13.2 Å². The molecule has 2 N–H and O–H groups in total. The summed E-state index contributed by atoms with van der Waals surface area (Å²) in [4.78, 5) is 14.4. The minimum Gasteiger partial charge on any atom is -0.395 e. The predicted octanol–water partition coefficient (Wildman–Crippen LogP) is 0.684. The summed E-state index contributed by atoms with van der Waals surface area (Å²) in [5.74, 6) is 0.144. The fraction of sp³-hybridized carbons (Fsp3) is 0.533. The van der Waals surface area contributed by atoms with E-state index in [4.69, 9.17) is 5.11 Å². The van der Waals surface area contributed by atoms with E-state index in [9.17, 15) is 4.79 Å². The molecule has 19 heavy (non-hydrogen) atoms. The summed E-state index contributed by atoms with van der Waals surface area (Å²) < 4.78 is 0. The molecule has 1 aliphatic carbocycles. The molecule has 0 unspecified atom stereocenters. The minimum atomic E-state index is -0.137. The average Bonchev–Trinajstić information content (AvgIpc) is 3.28. The Morgan fingerprint density at radius 2 is 2.05 bits per heavy atom. The van der Waals surface area contributed by atoms with E-state index >= 15 is 0 Å². The van der Waals surface area contributed by atoms with E-state index in [0.717, 1.165) is 25.8 Å². The number of hydrogen-bond donors (Lipinski definition) is 2. The number of nitrogens with one attached hydrogen (secondary N) is 1. The molecule has 1 aromatic rings. The van der Waals surface area contributed by atoms with Gasteiger partial charge in [0.2, 0.25) is 5.91 Å². The molecular weight excluding hydrogens is 240 g/mol. The van der Waals surface area contributed by atoms with Gasteiger partial charge in [-0.1, -0.05) is 24.3 Å². The van der Waals surface area contributed by atoms with Crippen LogP contribution in [-0.4, -0.2) is 41.1 Å². The van der Waals surface area contributed by atoms with Crippen LogP contribution in [0.5, 0.6) is 0 Å². The van der Waals surface area contributed by atoms with Crippen LogP contribution in [0.15, 0.2) is 24.3 Å². The second-order valence-corrected chi connectivity index (χ2v) is 5.39. The lowest BCUT2D eigenvalue weighted by Gasteiger charge is -2.31. The van der Waals surface area contributed by atoms with Crippen LogP contribution in [0.2, 0.25) is 0 Å². The minimum absolute atomic E-state index is 0.0472. The van der Waals surface area contributed by atoms with Gasteiger partial charge in [0, 0.05) is 19.1 Å². The predicted molar refractivity (Wildman–Crippen MR) is 72.6 cm³/mol. The highest BCUT2D eigenvalue weighted by atomic mass is 16.3. The fourth-order valence-corrected chi connectivity index (χ4v) is 2.80. The van der Waals surface area contributed by atoms with Crippen molar-refractivity contribution in [1.82, 2.24) is 10.2 Å². The van der Waals surface area contributed by atoms with Gasteiger partial charge in [0.15, 0.2) is 0 Å². The van der Waals surface area contributed by atoms with Gasteiger partial charge in [-0.2, -0.15) is 0 Å². The topological polar surface area (TPSA) is 52.6 Å². The molecular formula is C15H20N2O2. The molecule has 0 spiro atoms. The number of aliphatic hydroxyl groups excluding tert-OH is 1. The Morgan fingerprint density at radius 1 is 1.32 bits per heavy atom. The van der Waals surface area contributed by atoms with Crippen LogP contribution < -0.4 is 5.32 Å². The number of aliphatic hydroxyl groups is 1. The molecule has 0 radical (unpaired) electrons. The van der Waals surface area contributed by atoms with Crippen molar-refractivity contribution < 1.29 is 9.90 Å². The second kappa shape index (κ2) is 5.31. The number of rotatable bonds is 4. The van der Waals surface area contributed by atoms with Crippen LogP contribution in [0.3, 0.4) is 0 Å². The second-order valence-electron chi connectivity index (χ2n) is 5.39. The summed E-state index contributed by atoms with van der Waals surface area (Å²) in [7, 11) is 0. The zero-order chi connectivity index (χ0) is 13.2. The van der Waals surface area contributed by atoms with Crippen LogP contribution in [0.25, 0.3) is 0 Å². The van der Waals surface area contributed by atoms with Crippen LogP contribution in [0.4, 0.5) is 0 Å². The molecule has 1 aliphatic heterocycles. The molecule has 1 saturated carbocycles. The smallest absolute Gasteiger partial charge is 0.240 e. The number of nitrogens with zero attached hydrogens (tertiary/aromatic N) is 1. The molecule has 1 amide bonds. The number of carbonyl (C=O) groups excluding carboxylic acids is 1. The number of amides is 1. The van der Waals surface area contributed by atoms with E-state index in [1.54, 1.807) is 0 Å². The van der Waals surface area contributed by atoms with Crippen molar-refractivity contribution in [1.29, 1.82) is 0 Å². The van der Waals surface area contributed by atoms with Crippen LogP contribution in [0, 0.1) is 0 Å². The Bertz CT molecular complexity index is 471. The van der Waals surface area contributed by atoms with Gasteiger partial charge in [0.1, 0.15) is 0 Å². The molecule has 102 valence electrons. The lowest BCUT2D eigenvalue weighted by molar-refractivity contribution is -0.134. The summed E-state index contributed by atoms with van der Waals surface area (Å²) in [6.45, 7) is 1.26. The maximum absolute atomic E-state index is 12.5. The molecule has 0 bridgehead atoms. The normalized spacial score (nSPS) is 21.8. The Kier molecular flexibility index (Phi) is 3.53. The third-order valence-electron chi connectivity index (χ3n) is 3.99. The Balaban J connectivity index is 1.71. The van der Waals surface area contributed by atoms with Crippen LogP contribution >= 0.6 is 0 Å². The molecule has 1 fully saturated rings. The molecule has 0 aromatic heterocycles. The van der Waals surface area contributed by atoms with Crippen molar-refractivity contribution in [2.24, 2.45) is 0 Å².